The highest BCUT2D eigenvalue weighted by Gasteiger charge is 2.33. The summed E-state index contributed by atoms with van der Waals surface area (Å²) < 4.78 is 10.2. The Morgan fingerprint density at radius 1 is 1.48 bits per heavy atom. The zero-order chi connectivity index (χ0) is 17.3. The number of nitrogens with zero attached hydrogens (tertiary/aromatic N) is 2. The van der Waals surface area contributed by atoms with Crippen LogP contribution in [-0.4, -0.2) is 49.8 Å². The van der Waals surface area contributed by atoms with Crippen LogP contribution in [0.4, 0.5) is 0 Å². The van der Waals surface area contributed by atoms with Crippen LogP contribution in [0.25, 0.3) is 0 Å². The van der Waals surface area contributed by atoms with Gasteiger partial charge in [0.2, 0.25) is 0 Å². The van der Waals surface area contributed by atoms with E-state index in [4.69, 9.17) is 14.6 Å². The number of carbonyl (C=O) groups is 1. The molecule has 23 heavy (non-hydrogen) atoms. The van der Waals surface area contributed by atoms with Crippen LogP contribution in [-0.2, 0) is 14.3 Å². The fraction of sp³-hybridized carbons (Fsp3) is 0.706. The summed E-state index contributed by atoms with van der Waals surface area (Å²) in [6.07, 6.45) is 3.31. The van der Waals surface area contributed by atoms with Crippen molar-refractivity contribution in [2.45, 2.75) is 33.6 Å². The Balaban J connectivity index is 2.85. The van der Waals surface area contributed by atoms with Crippen LogP contribution in [0.15, 0.2) is 16.6 Å². The van der Waals surface area contributed by atoms with Crippen molar-refractivity contribution in [3.63, 3.8) is 0 Å². The molecule has 0 heterocycles. The van der Waals surface area contributed by atoms with Crippen molar-refractivity contribution in [2.75, 3.05) is 33.0 Å². The number of ether oxygens (including phenoxy) is 2. The minimum atomic E-state index is -0.870. The Morgan fingerprint density at radius 2 is 2.22 bits per heavy atom. The Kier molecular flexibility index (Phi) is 7.93. The highest BCUT2D eigenvalue weighted by atomic mass is 16.5. The summed E-state index contributed by atoms with van der Waals surface area (Å²) >= 11 is 0. The summed E-state index contributed by atoms with van der Waals surface area (Å²) in [7, 11) is 0. The van der Waals surface area contributed by atoms with E-state index in [1.54, 1.807) is 6.92 Å². The molecule has 0 aromatic rings. The van der Waals surface area contributed by atoms with E-state index in [1.165, 1.54) is 0 Å². The summed E-state index contributed by atoms with van der Waals surface area (Å²) in [5.41, 5.74) is 1.57. The summed E-state index contributed by atoms with van der Waals surface area (Å²) in [4.78, 5) is 16.4. The van der Waals surface area contributed by atoms with Gasteiger partial charge in [-0.2, -0.15) is 5.26 Å². The summed E-state index contributed by atoms with van der Waals surface area (Å²) in [5.74, 6) is -1.37. The lowest BCUT2D eigenvalue weighted by Gasteiger charge is -2.31. The molecule has 0 spiro atoms. The first kappa shape index (κ1) is 19.3. The maximum absolute atomic E-state index is 12.0. The van der Waals surface area contributed by atoms with Crippen LogP contribution in [0.3, 0.4) is 0 Å². The van der Waals surface area contributed by atoms with Gasteiger partial charge in [0.15, 0.2) is 5.92 Å². The molecule has 0 aliphatic heterocycles. The molecule has 1 N–H and O–H groups in total. The molecule has 0 fully saturated rings. The maximum Gasteiger partial charge on any atom is 0.327 e. The first-order valence-electron chi connectivity index (χ1n) is 7.92. The van der Waals surface area contributed by atoms with E-state index in [-0.39, 0.29) is 18.6 Å². The van der Waals surface area contributed by atoms with Crippen LogP contribution in [0.1, 0.15) is 33.6 Å². The highest BCUT2D eigenvalue weighted by Crippen LogP contribution is 2.37. The summed E-state index contributed by atoms with van der Waals surface area (Å²) in [6, 6.07) is 2.05. The molecular formula is C17H26N2O4. The van der Waals surface area contributed by atoms with Gasteiger partial charge in [0.1, 0.15) is 0 Å². The van der Waals surface area contributed by atoms with Gasteiger partial charge in [-0.05, 0) is 36.8 Å². The van der Waals surface area contributed by atoms with Crippen LogP contribution in [0, 0.1) is 22.7 Å². The fourth-order valence-corrected chi connectivity index (χ4v) is 2.64. The van der Waals surface area contributed by atoms with Gasteiger partial charge < -0.3 is 14.6 Å². The topological polar surface area (TPSA) is 91.9 Å². The van der Waals surface area contributed by atoms with Gasteiger partial charge in [-0.1, -0.05) is 13.8 Å². The summed E-state index contributed by atoms with van der Waals surface area (Å²) in [6.45, 7) is 7.41. The van der Waals surface area contributed by atoms with Crippen molar-refractivity contribution < 1.29 is 19.4 Å². The van der Waals surface area contributed by atoms with Crippen LogP contribution in [0.2, 0.25) is 0 Å². The van der Waals surface area contributed by atoms with Gasteiger partial charge in [0.25, 0.3) is 0 Å². The number of esters is 1. The Bertz CT molecular complexity index is 503. The van der Waals surface area contributed by atoms with Crippen LogP contribution in [0.5, 0.6) is 0 Å². The van der Waals surface area contributed by atoms with Crippen LogP contribution < -0.4 is 0 Å². The molecule has 1 aliphatic carbocycles. The van der Waals surface area contributed by atoms with E-state index in [0.29, 0.717) is 26.2 Å². The third-order valence-electron chi connectivity index (χ3n) is 3.50. The van der Waals surface area contributed by atoms with E-state index in [0.717, 1.165) is 17.7 Å². The normalized spacial score (nSPS) is 19.8. The molecule has 0 amide bonds. The molecule has 0 aromatic carbocycles. The highest BCUT2D eigenvalue weighted by molar-refractivity contribution is 5.98. The van der Waals surface area contributed by atoms with Gasteiger partial charge in [-0.3, -0.25) is 9.79 Å². The van der Waals surface area contributed by atoms with E-state index in [9.17, 15) is 10.1 Å². The average Bonchev–Trinajstić information content (AvgIpc) is 2.46. The van der Waals surface area contributed by atoms with E-state index in [2.05, 4.69) is 18.8 Å². The Morgan fingerprint density at radius 3 is 2.83 bits per heavy atom. The predicted octanol–water partition coefficient (Wildman–Crippen LogP) is 1.89. The monoisotopic (exact) mass is 322 g/mol. The minimum absolute atomic E-state index is 0.00293. The second-order valence-electron chi connectivity index (χ2n) is 6.26. The smallest absolute Gasteiger partial charge is 0.327 e. The molecule has 6 heteroatoms. The number of carbonyl (C=O) groups excluding carboxylic acids is 1. The fourth-order valence-electron chi connectivity index (χ4n) is 2.64. The number of aliphatic hydroxyl groups is 1. The molecule has 0 radical (unpaired) electrons. The molecule has 1 aliphatic rings. The lowest BCUT2D eigenvalue weighted by molar-refractivity contribution is -0.144. The first-order valence-corrected chi connectivity index (χ1v) is 7.92. The maximum atomic E-state index is 12.0. The third kappa shape index (κ3) is 6.51. The number of nitriles is 1. The quantitative estimate of drug-likeness (QED) is 0.544. The molecule has 128 valence electrons. The van der Waals surface area contributed by atoms with Gasteiger partial charge >= 0.3 is 5.97 Å². The van der Waals surface area contributed by atoms with Crippen molar-refractivity contribution in [3.8, 4) is 6.07 Å². The molecule has 1 rings (SSSR count). The molecule has 1 atom stereocenters. The number of rotatable bonds is 8. The SMILES string of the molecule is CCOC(=O)C(C#N)C1=CC(=NCCOCCO)CC(C)(C)C1. The van der Waals surface area contributed by atoms with E-state index < -0.39 is 11.9 Å². The second kappa shape index (κ2) is 9.43. The lowest BCUT2D eigenvalue weighted by Crippen LogP contribution is -2.28. The molecule has 0 aromatic heterocycles. The minimum Gasteiger partial charge on any atom is -0.465 e. The second-order valence-corrected chi connectivity index (χ2v) is 6.26. The largest absolute Gasteiger partial charge is 0.465 e. The van der Waals surface area contributed by atoms with Crippen molar-refractivity contribution in [3.05, 3.63) is 11.6 Å². The van der Waals surface area contributed by atoms with E-state index in [1.807, 2.05) is 12.1 Å². The zero-order valence-electron chi connectivity index (χ0n) is 14.2. The molecule has 0 bridgehead atoms. The van der Waals surface area contributed by atoms with Crippen molar-refractivity contribution >= 4 is 11.7 Å². The Hall–Kier alpha value is -1.71. The molecule has 1 unspecified atom stereocenters. The number of allylic oxidation sites excluding steroid dienone is 1. The summed E-state index contributed by atoms with van der Waals surface area (Å²) in [5, 5.41) is 18.0. The lowest BCUT2D eigenvalue weighted by atomic mass is 9.73. The van der Waals surface area contributed by atoms with Gasteiger partial charge in [0.05, 0.1) is 39.0 Å². The first-order chi connectivity index (χ1) is 10.9. The third-order valence-corrected chi connectivity index (χ3v) is 3.50. The standard InChI is InChI=1S/C17H26N2O4/c1-4-23-16(21)15(12-18)13-9-14(11-17(2,3)10-13)19-5-7-22-8-6-20/h9,15,20H,4-8,10-11H2,1-3H3. The van der Waals surface area contributed by atoms with E-state index >= 15 is 0 Å². The van der Waals surface area contributed by atoms with Crippen molar-refractivity contribution in [1.29, 1.82) is 5.26 Å². The number of hydrogen-bond acceptors (Lipinski definition) is 6. The number of aliphatic imine (C=N–C) groups is 1. The Labute approximate surface area is 137 Å². The molecular weight excluding hydrogens is 296 g/mol. The predicted molar refractivity (Wildman–Crippen MR) is 87.0 cm³/mol. The molecule has 0 saturated heterocycles. The molecule has 6 nitrogen and oxygen atoms in total. The zero-order valence-corrected chi connectivity index (χ0v) is 14.2. The number of aliphatic hydroxyl groups excluding tert-OH is 1. The van der Waals surface area contributed by atoms with Gasteiger partial charge in [-0.15, -0.1) is 0 Å². The molecule has 0 saturated carbocycles. The van der Waals surface area contributed by atoms with Gasteiger partial charge in [-0.25, -0.2) is 0 Å². The van der Waals surface area contributed by atoms with Crippen molar-refractivity contribution in [1.82, 2.24) is 0 Å². The van der Waals surface area contributed by atoms with Crippen molar-refractivity contribution in [2.24, 2.45) is 16.3 Å². The number of hydrogen-bond donors (Lipinski definition) is 1. The van der Waals surface area contributed by atoms with Gasteiger partial charge in [0, 0.05) is 5.71 Å². The average molecular weight is 322 g/mol. The van der Waals surface area contributed by atoms with Crippen LogP contribution >= 0.6 is 0 Å².